The Hall–Kier alpha value is 0.180. The van der Waals surface area contributed by atoms with E-state index in [1.54, 1.807) is 0 Å². The van der Waals surface area contributed by atoms with Crippen LogP contribution in [0.3, 0.4) is 0 Å². The number of unbranched alkanes of at least 4 members (excludes halogenated alkanes) is 3. The van der Waals surface area contributed by atoms with Crippen molar-refractivity contribution in [2.45, 2.75) is 58.0 Å². The molecule has 1 rings (SSSR count). The van der Waals surface area contributed by atoms with Gasteiger partial charge in [0.2, 0.25) is 0 Å². The molecule has 1 heterocycles. The number of hydrogen-bond acceptors (Lipinski definition) is 3. The van der Waals surface area contributed by atoms with Crippen molar-refractivity contribution in [2.75, 3.05) is 6.61 Å². The Bertz CT molecular complexity index is 308. The number of hydrogen-bond donors (Lipinski definition) is 6. The van der Waals surface area contributed by atoms with E-state index in [2.05, 4.69) is 13.8 Å². The van der Waals surface area contributed by atoms with Gasteiger partial charge in [0, 0.05) is 0 Å². The lowest BCUT2D eigenvalue weighted by atomic mass is 9.99. The summed E-state index contributed by atoms with van der Waals surface area (Å²) in [5.74, 6) is 0. The predicted molar refractivity (Wildman–Crippen MR) is 76.3 cm³/mol. The van der Waals surface area contributed by atoms with Gasteiger partial charge in [0.25, 0.3) is 0 Å². The molecule has 1 atom stereocenters. The van der Waals surface area contributed by atoms with E-state index in [1.165, 1.54) is 38.5 Å². The van der Waals surface area contributed by atoms with Gasteiger partial charge in [-0.2, -0.15) is 0 Å². The Morgan fingerprint density at radius 1 is 0.905 bits per heavy atom. The lowest BCUT2D eigenvalue weighted by molar-refractivity contribution is 0.272. The molecule has 0 saturated carbocycles. The Labute approximate surface area is 124 Å². The molecule has 0 amide bonds. The number of phosphoric acid groups is 2. The minimum atomic E-state index is -4.64. The van der Waals surface area contributed by atoms with E-state index in [9.17, 15) is 0 Å². The van der Waals surface area contributed by atoms with E-state index >= 15 is 0 Å². The number of ether oxygens (including phenoxy) is 1. The van der Waals surface area contributed by atoms with E-state index in [4.69, 9.17) is 43.2 Å². The van der Waals surface area contributed by atoms with Gasteiger partial charge in [-0.1, -0.05) is 39.5 Å². The Morgan fingerprint density at radius 2 is 1.29 bits per heavy atom. The fourth-order valence-corrected chi connectivity index (χ4v) is 1.50. The van der Waals surface area contributed by atoms with Crippen LogP contribution in [0.5, 0.6) is 0 Å². The fourth-order valence-electron chi connectivity index (χ4n) is 1.50. The van der Waals surface area contributed by atoms with E-state index < -0.39 is 15.6 Å². The van der Waals surface area contributed by atoms with Crippen LogP contribution in [0.15, 0.2) is 0 Å². The van der Waals surface area contributed by atoms with Crippen LogP contribution in [0, 0.1) is 0 Å². The highest BCUT2D eigenvalue weighted by molar-refractivity contribution is 7.45. The second kappa shape index (κ2) is 10.8. The molecular weight excluding hydrogens is 326 g/mol. The van der Waals surface area contributed by atoms with Crippen LogP contribution in [0.4, 0.5) is 0 Å². The molecule has 1 saturated heterocycles. The summed E-state index contributed by atoms with van der Waals surface area (Å²) in [6.45, 7) is 5.51. The minimum absolute atomic E-state index is 0.341. The maximum absolute atomic E-state index is 8.88. The predicted octanol–water partition coefficient (Wildman–Crippen LogP) is 1.28. The molecule has 0 aliphatic carbocycles. The zero-order chi connectivity index (χ0) is 17.2. The molecule has 1 fully saturated rings. The lowest BCUT2D eigenvalue weighted by Crippen LogP contribution is -2.08. The van der Waals surface area contributed by atoms with Crippen molar-refractivity contribution in [1.82, 2.24) is 0 Å². The van der Waals surface area contributed by atoms with Gasteiger partial charge in [-0.15, -0.1) is 0 Å². The molecule has 0 aromatic heterocycles. The van der Waals surface area contributed by atoms with E-state index in [-0.39, 0.29) is 0 Å². The van der Waals surface area contributed by atoms with Gasteiger partial charge < -0.3 is 34.1 Å². The molecule has 1 aliphatic rings. The summed E-state index contributed by atoms with van der Waals surface area (Å²) in [7, 11) is -9.28. The molecule has 9 nitrogen and oxygen atoms in total. The first-order chi connectivity index (χ1) is 9.33. The quantitative estimate of drug-likeness (QED) is 0.234. The first-order valence-corrected chi connectivity index (χ1v) is 9.66. The smallest absolute Gasteiger partial charge is 0.370 e. The van der Waals surface area contributed by atoms with E-state index in [1.807, 2.05) is 0 Å². The summed E-state index contributed by atoms with van der Waals surface area (Å²) in [4.78, 5) is 43.1. The summed E-state index contributed by atoms with van der Waals surface area (Å²) in [5.41, 5.74) is 0.341. The van der Waals surface area contributed by atoms with Crippen LogP contribution in [-0.2, 0) is 13.9 Å². The third-order valence-corrected chi connectivity index (χ3v) is 2.68. The van der Waals surface area contributed by atoms with Crippen LogP contribution in [-0.4, -0.2) is 41.6 Å². The SMILES string of the molecule is CCCCCCC1(CC)CO1.O=P(O)(O)O.O=P(O)(O)O. The first-order valence-electron chi connectivity index (χ1n) is 6.53. The van der Waals surface area contributed by atoms with Crippen molar-refractivity contribution >= 4 is 15.6 Å². The molecule has 0 aromatic rings. The second-order valence-electron chi connectivity index (χ2n) is 4.66. The van der Waals surface area contributed by atoms with Crippen molar-refractivity contribution in [1.29, 1.82) is 0 Å². The summed E-state index contributed by atoms with van der Waals surface area (Å²) in [6, 6.07) is 0. The molecule has 21 heavy (non-hydrogen) atoms. The van der Waals surface area contributed by atoms with Crippen molar-refractivity contribution in [3.63, 3.8) is 0 Å². The van der Waals surface area contributed by atoms with Gasteiger partial charge in [-0.25, -0.2) is 9.13 Å². The van der Waals surface area contributed by atoms with Gasteiger partial charge in [-0.3, -0.25) is 0 Å². The highest BCUT2D eigenvalue weighted by Gasteiger charge is 2.41. The third kappa shape index (κ3) is 28.9. The maximum atomic E-state index is 8.88. The van der Waals surface area contributed by atoms with Gasteiger partial charge >= 0.3 is 15.6 Å². The van der Waals surface area contributed by atoms with Gasteiger partial charge in [0.05, 0.1) is 12.2 Å². The standard InChI is InChI=1S/C10H20O.2H3O4P/c1-3-5-6-7-8-10(4-2)9-11-10;2*1-5(2,3)4/h3-9H2,1-2H3;2*(H3,1,2,3,4). The molecule has 130 valence electrons. The second-order valence-corrected chi connectivity index (χ2v) is 6.72. The Morgan fingerprint density at radius 3 is 1.52 bits per heavy atom. The zero-order valence-electron chi connectivity index (χ0n) is 12.3. The van der Waals surface area contributed by atoms with Gasteiger partial charge in [-0.05, 0) is 12.8 Å². The highest BCUT2D eigenvalue weighted by atomic mass is 31.2. The summed E-state index contributed by atoms with van der Waals surface area (Å²) < 4.78 is 23.2. The van der Waals surface area contributed by atoms with E-state index in [0.717, 1.165) is 6.61 Å². The monoisotopic (exact) mass is 352 g/mol. The Balaban J connectivity index is 0. The highest BCUT2D eigenvalue weighted by Crippen LogP contribution is 2.35. The minimum Gasteiger partial charge on any atom is -0.370 e. The fraction of sp³-hybridized carbons (Fsp3) is 1.00. The van der Waals surface area contributed by atoms with Crippen LogP contribution in [0.1, 0.15) is 52.4 Å². The Kier molecular flexibility index (Phi) is 12.1. The van der Waals surface area contributed by atoms with Crippen molar-refractivity contribution < 1.29 is 43.2 Å². The molecule has 0 bridgehead atoms. The normalized spacial score (nSPS) is 20.8. The third-order valence-electron chi connectivity index (χ3n) is 2.68. The van der Waals surface area contributed by atoms with Gasteiger partial charge in [0.1, 0.15) is 0 Å². The summed E-state index contributed by atoms with van der Waals surface area (Å²) in [6.07, 6.45) is 7.98. The molecule has 1 aliphatic heterocycles. The summed E-state index contributed by atoms with van der Waals surface area (Å²) >= 11 is 0. The molecule has 1 unspecified atom stereocenters. The average Bonchev–Trinajstić information content (AvgIpc) is 3.01. The van der Waals surface area contributed by atoms with E-state index in [0.29, 0.717) is 5.60 Å². The average molecular weight is 352 g/mol. The number of epoxide rings is 1. The molecule has 11 heteroatoms. The lowest BCUT2D eigenvalue weighted by Gasteiger charge is -2.07. The largest absolute Gasteiger partial charge is 0.466 e. The zero-order valence-corrected chi connectivity index (χ0v) is 14.0. The topological polar surface area (TPSA) is 168 Å². The van der Waals surface area contributed by atoms with Crippen LogP contribution < -0.4 is 0 Å². The van der Waals surface area contributed by atoms with Crippen molar-refractivity contribution in [3.05, 3.63) is 0 Å². The van der Waals surface area contributed by atoms with Crippen LogP contribution >= 0.6 is 15.6 Å². The van der Waals surface area contributed by atoms with Crippen molar-refractivity contribution in [2.24, 2.45) is 0 Å². The molecule has 6 N–H and O–H groups in total. The van der Waals surface area contributed by atoms with Crippen LogP contribution in [0.25, 0.3) is 0 Å². The molecular formula is C10H26O9P2. The first kappa shape index (κ1) is 23.4. The number of rotatable bonds is 6. The molecule has 0 radical (unpaired) electrons. The molecule has 0 aromatic carbocycles. The van der Waals surface area contributed by atoms with Crippen molar-refractivity contribution in [3.8, 4) is 0 Å². The summed E-state index contributed by atoms with van der Waals surface area (Å²) in [5, 5.41) is 0. The maximum Gasteiger partial charge on any atom is 0.466 e. The molecule has 0 spiro atoms. The van der Waals surface area contributed by atoms with Crippen LogP contribution in [0.2, 0.25) is 0 Å². The van der Waals surface area contributed by atoms with Gasteiger partial charge in [0.15, 0.2) is 0 Å².